The highest BCUT2D eigenvalue weighted by molar-refractivity contribution is 7.91. The molecule has 0 fully saturated rings. The molecule has 2 aromatic carbocycles. The fourth-order valence-corrected chi connectivity index (χ4v) is 3.71. The van der Waals surface area contributed by atoms with Gasteiger partial charge in [-0.15, -0.1) is 0 Å². The van der Waals surface area contributed by atoms with Crippen molar-refractivity contribution in [3.05, 3.63) is 66.2 Å². The molecular weight excluding hydrogens is 494 g/mol. The highest BCUT2D eigenvalue weighted by Gasteiger charge is 2.28. The summed E-state index contributed by atoms with van der Waals surface area (Å²) in [5, 5.41) is 14.8. The number of esters is 1. The monoisotopic (exact) mass is 513 g/mol. The first-order chi connectivity index (χ1) is 17.4. The third-order valence-corrected chi connectivity index (χ3v) is 5.87. The maximum absolute atomic E-state index is 12.6. The summed E-state index contributed by atoms with van der Waals surface area (Å²) in [6.07, 6.45) is 2.71. The van der Waals surface area contributed by atoms with Gasteiger partial charge in [-0.05, 0) is 46.2 Å². The summed E-state index contributed by atoms with van der Waals surface area (Å²) in [7, 11) is -3.97. The van der Waals surface area contributed by atoms with Crippen molar-refractivity contribution in [2.75, 3.05) is 19.8 Å². The summed E-state index contributed by atoms with van der Waals surface area (Å²) < 4.78 is 45.0. The normalized spacial score (nSPS) is 10.8. The van der Waals surface area contributed by atoms with Crippen molar-refractivity contribution in [3.63, 3.8) is 0 Å². The van der Waals surface area contributed by atoms with Gasteiger partial charge in [0.2, 0.25) is 9.84 Å². The standard InChI is InChI=1S/C23H19N3O9S/c27-20(24-29)16-34-18-11-8-17(9-12-18)10-13-21(28)32-14-4-5-15-33-22-23(26-35-25-22)36(30,31)19-6-2-1-3-7-19/h1-3,6-13,29H,14-16H2,(H,24,27). The van der Waals surface area contributed by atoms with E-state index in [1.807, 2.05) is 0 Å². The van der Waals surface area contributed by atoms with E-state index in [4.69, 9.17) is 19.4 Å². The van der Waals surface area contributed by atoms with Crippen LogP contribution in [-0.2, 0) is 24.2 Å². The average Bonchev–Trinajstić information content (AvgIpc) is 3.38. The SMILES string of the molecule is O=C(COc1ccc(C=CC(=O)OCC#CCOc2nonc2S(=O)(=O)c2ccccc2)cc1)NO. The van der Waals surface area contributed by atoms with Gasteiger partial charge in [-0.3, -0.25) is 10.0 Å². The number of benzene rings is 2. The molecule has 1 heterocycles. The Hall–Kier alpha value is -4.67. The Morgan fingerprint density at radius 3 is 2.44 bits per heavy atom. The van der Waals surface area contributed by atoms with Crippen LogP contribution >= 0.6 is 0 Å². The second kappa shape index (κ2) is 12.7. The molecule has 0 unspecified atom stereocenters. The van der Waals surface area contributed by atoms with Gasteiger partial charge < -0.3 is 14.2 Å². The van der Waals surface area contributed by atoms with E-state index >= 15 is 0 Å². The van der Waals surface area contributed by atoms with E-state index in [1.165, 1.54) is 29.8 Å². The first-order valence-corrected chi connectivity index (χ1v) is 11.6. The summed E-state index contributed by atoms with van der Waals surface area (Å²) in [5.74, 6) is 3.87. The van der Waals surface area contributed by atoms with Gasteiger partial charge in [0, 0.05) is 6.08 Å². The topological polar surface area (TPSA) is 167 Å². The molecule has 13 heteroatoms. The Bertz CT molecular complexity index is 1370. The number of sulfone groups is 1. The molecule has 0 saturated carbocycles. The number of nitrogens with one attached hydrogen (secondary N) is 1. The van der Waals surface area contributed by atoms with Crippen molar-refractivity contribution in [2.45, 2.75) is 9.92 Å². The second-order valence-corrected chi connectivity index (χ2v) is 8.53. The quantitative estimate of drug-likeness (QED) is 0.132. The molecule has 0 bridgehead atoms. The van der Waals surface area contributed by atoms with E-state index in [2.05, 4.69) is 26.8 Å². The van der Waals surface area contributed by atoms with Gasteiger partial charge in [-0.1, -0.05) is 42.2 Å². The van der Waals surface area contributed by atoms with Crippen LogP contribution in [0.25, 0.3) is 6.08 Å². The molecule has 36 heavy (non-hydrogen) atoms. The van der Waals surface area contributed by atoms with Crippen molar-refractivity contribution in [1.82, 2.24) is 15.8 Å². The summed E-state index contributed by atoms with van der Waals surface area (Å²) in [6, 6.07) is 14.1. The van der Waals surface area contributed by atoms with Gasteiger partial charge in [0.15, 0.2) is 19.8 Å². The van der Waals surface area contributed by atoms with E-state index in [-0.39, 0.29) is 30.6 Å². The van der Waals surface area contributed by atoms with E-state index in [0.29, 0.717) is 11.3 Å². The number of amides is 1. The molecule has 3 rings (SSSR count). The molecule has 1 aromatic heterocycles. The Labute approximate surface area is 205 Å². The second-order valence-electron chi connectivity index (χ2n) is 6.67. The molecule has 0 spiro atoms. The molecule has 3 aromatic rings. The predicted molar refractivity (Wildman–Crippen MR) is 121 cm³/mol. The lowest BCUT2D eigenvalue weighted by molar-refractivity contribution is -0.136. The molecule has 0 aliphatic rings. The number of rotatable bonds is 10. The molecule has 0 radical (unpaired) electrons. The lowest BCUT2D eigenvalue weighted by Crippen LogP contribution is -2.25. The molecule has 2 N–H and O–H groups in total. The number of hydroxylamine groups is 1. The Balaban J connectivity index is 1.43. The van der Waals surface area contributed by atoms with Crippen LogP contribution in [0.2, 0.25) is 0 Å². The number of nitrogens with zero attached hydrogens (tertiary/aromatic N) is 2. The lowest BCUT2D eigenvalue weighted by atomic mass is 10.2. The minimum atomic E-state index is -3.97. The average molecular weight is 513 g/mol. The van der Waals surface area contributed by atoms with E-state index < -0.39 is 26.7 Å². The number of hydrogen-bond donors (Lipinski definition) is 2. The summed E-state index contributed by atoms with van der Waals surface area (Å²) in [5.41, 5.74) is 2.13. The maximum atomic E-state index is 12.6. The van der Waals surface area contributed by atoms with Gasteiger partial charge in [0.1, 0.15) is 5.75 Å². The lowest BCUT2D eigenvalue weighted by Gasteiger charge is -2.04. The molecular formula is C23H19N3O9S. The molecule has 12 nitrogen and oxygen atoms in total. The molecule has 0 aliphatic carbocycles. The fourth-order valence-electron chi connectivity index (χ4n) is 2.52. The van der Waals surface area contributed by atoms with Gasteiger partial charge in [-0.25, -0.2) is 23.3 Å². The van der Waals surface area contributed by atoms with Crippen LogP contribution in [0.1, 0.15) is 5.56 Å². The first kappa shape index (κ1) is 25.9. The van der Waals surface area contributed by atoms with Gasteiger partial charge >= 0.3 is 5.97 Å². The van der Waals surface area contributed by atoms with Crippen LogP contribution in [0.15, 0.2) is 75.2 Å². The minimum absolute atomic E-state index is 0.00738. The highest BCUT2D eigenvalue weighted by Crippen LogP contribution is 2.25. The number of ether oxygens (including phenoxy) is 3. The van der Waals surface area contributed by atoms with Crippen molar-refractivity contribution >= 4 is 27.8 Å². The summed E-state index contributed by atoms with van der Waals surface area (Å²) >= 11 is 0. The first-order valence-electron chi connectivity index (χ1n) is 10.1. The molecule has 0 aliphatic heterocycles. The number of hydrogen-bond acceptors (Lipinski definition) is 11. The number of carbonyl (C=O) groups excluding carboxylic acids is 2. The zero-order chi connectivity index (χ0) is 25.8. The van der Waals surface area contributed by atoms with Gasteiger partial charge in [-0.2, -0.15) is 0 Å². The van der Waals surface area contributed by atoms with Gasteiger partial charge in [0.25, 0.3) is 16.8 Å². The molecule has 0 saturated heterocycles. The molecule has 0 atom stereocenters. The molecule has 186 valence electrons. The zero-order valence-electron chi connectivity index (χ0n) is 18.5. The minimum Gasteiger partial charge on any atom is -0.484 e. The third-order valence-electron chi connectivity index (χ3n) is 4.22. The van der Waals surface area contributed by atoms with Crippen LogP contribution in [0.5, 0.6) is 11.6 Å². The smallest absolute Gasteiger partial charge is 0.331 e. The van der Waals surface area contributed by atoms with Crippen LogP contribution in [0.3, 0.4) is 0 Å². The van der Waals surface area contributed by atoms with Crippen LogP contribution < -0.4 is 15.0 Å². The van der Waals surface area contributed by atoms with Crippen LogP contribution in [0, 0.1) is 11.8 Å². The van der Waals surface area contributed by atoms with Crippen molar-refractivity contribution in [2.24, 2.45) is 0 Å². The van der Waals surface area contributed by atoms with Crippen LogP contribution in [0.4, 0.5) is 0 Å². The maximum Gasteiger partial charge on any atom is 0.331 e. The third kappa shape index (κ3) is 7.42. The van der Waals surface area contributed by atoms with E-state index in [0.717, 1.165) is 0 Å². The fraction of sp³-hybridized carbons (Fsp3) is 0.130. The largest absolute Gasteiger partial charge is 0.484 e. The predicted octanol–water partition coefficient (Wildman–Crippen LogP) is 1.43. The Morgan fingerprint density at radius 1 is 1.00 bits per heavy atom. The Kier molecular flexibility index (Phi) is 9.15. The molecule has 1 amide bonds. The zero-order valence-corrected chi connectivity index (χ0v) is 19.3. The van der Waals surface area contributed by atoms with Crippen LogP contribution in [-0.4, -0.2) is 55.6 Å². The van der Waals surface area contributed by atoms with Gasteiger partial charge in [0.05, 0.1) is 4.90 Å². The summed E-state index contributed by atoms with van der Waals surface area (Å²) in [6.45, 7) is -0.806. The van der Waals surface area contributed by atoms with Crippen molar-refractivity contribution in [1.29, 1.82) is 0 Å². The Morgan fingerprint density at radius 2 is 1.72 bits per heavy atom. The van der Waals surface area contributed by atoms with E-state index in [9.17, 15) is 18.0 Å². The summed E-state index contributed by atoms with van der Waals surface area (Å²) in [4.78, 5) is 22.7. The highest BCUT2D eigenvalue weighted by atomic mass is 32.2. The van der Waals surface area contributed by atoms with Crippen molar-refractivity contribution < 1.29 is 42.1 Å². The number of aromatic nitrogens is 2. The van der Waals surface area contributed by atoms with E-state index in [1.54, 1.807) is 42.5 Å². The van der Waals surface area contributed by atoms with Crippen molar-refractivity contribution in [3.8, 4) is 23.5 Å². The number of carbonyl (C=O) groups is 2.